The minimum Gasteiger partial charge on any atom is -0.330 e. The number of para-hydroxylation sites is 1. The zero-order chi connectivity index (χ0) is 11.5. The van der Waals surface area contributed by atoms with E-state index in [1.807, 2.05) is 19.1 Å². The first-order chi connectivity index (χ1) is 7.72. The third-order valence-electron chi connectivity index (χ3n) is 2.72. The van der Waals surface area contributed by atoms with Gasteiger partial charge in [0.25, 0.3) is 0 Å². The first-order valence-corrected chi connectivity index (χ1v) is 5.85. The van der Waals surface area contributed by atoms with E-state index in [1.165, 1.54) is 0 Å². The van der Waals surface area contributed by atoms with Crippen molar-refractivity contribution in [2.45, 2.75) is 19.8 Å². The van der Waals surface area contributed by atoms with Gasteiger partial charge in [-0.1, -0.05) is 29.8 Å². The molecule has 0 aliphatic heterocycles. The summed E-state index contributed by atoms with van der Waals surface area (Å²) in [4.78, 5) is 4.45. The number of benzene rings is 1. The second kappa shape index (κ2) is 4.81. The summed E-state index contributed by atoms with van der Waals surface area (Å²) in [6.45, 7) is 2.73. The number of pyridine rings is 1. The highest BCUT2D eigenvalue weighted by Gasteiger charge is 2.05. The van der Waals surface area contributed by atoms with Gasteiger partial charge in [0.2, 0.25) is 0 Å². The molecule has 0 aliphatic carbocycles. The molecule has 0 saturated heterocycles. The molecule has 3 heteroatoms. The lowest BCUT2D eigenvalue weighted by molar-refractivity contribution is 0.831. The van der Waals surface area contributed by atoms with E-state index in [0.717, 1.165) is 34.9 Å². The van der Waals surface area contributed by atoms with Crippen molar-refractivity contribution < 1.29 is 0 Å². The SMILES string of the molecule is Cc1cccc2cc(CCCN)c(Cl)nc12. The van der Waals surface area contributed by atoms with Crippen molar-refractivity contribution in [2.24, 2.45) is 5.73 Å². The molecule has 0 radical (unpaired) electrons. The number of halogens is 1. The molecule has 0 amide bonds. The van der Waals surface area contributed by atoms with Crippen molar-refractivity contribution in [3.8, 4) is 0 Å². The lowest BCUT2D eigenvalue weighted by Crippen LogP contribution is -2.01. The van der Waals surface area contributed by atoms with Crippen LogP contribution in [0.5, 0.6) is 0 Å². The zero-order valence-electron chi connectivity index (χ0n) is 9.33. The smallest absolute Gasteiger partial charge is 0.132 e. The molecular formula is C13H15ClN2. The van der Waals surface area contributed by atoms with E-state index >= 15 is 0 Å². The summed E-state index contributed by atoms with van der Waals surface area (Å²) in [5, 5.41) is 1.76. The standard InChI is InChI=1S/C13H15ClN2/c1-9-4-2-5-10-8-11(6-3-7-15)13(14)16-12(9)10/h2,4-5,8H,3,6-7,15H2,1H3. The topological polar surface area (TPSA) is 38.9 Å². The number of nitrogens with zero attached hydrogens (tertiary/aromatic N) is 1. The van der Waals surface area contributed by atoms with E-state index in [0.29, 0.717) is 11.7 Å². The summed E-state index contributed by atoms with van der Waals surface area (Å²) in [6.07, 6.45) is 1.84. The van der Waals surface area contributed by atoms with E-state index in [-0.39, 0.29) is 0 Å². The summed E-state index contributed by atoms with van der Waals surface area (Å²) < 4.78 is 0. The molecule has 84 valence electrons. The molecule has 0 atom stereocenters. The normalized spacial score (nSPS) is 10.9. The second-order valence-electron chi connectivity index (χ2n) is 3.98. The lowest BCUT2D eigenvalue weighted by atomic mass is 10.1. The highest BCUT2D eigenvalue weighted by atomic mass is 35.5. The molecular weight excluding hydrogens is 220 g/mol. The summed E-state index contributed by atoms with van der Waals surface area (Å²) in [5.74, 6) is 0. The maximum absolute atomic E-state index is 6.16. The zero-order valence-corrected chi connectivity index (χ0v) is 10.1. The minimum atomic E-state index is 0.607. The molecule has 2 nitrogen and oxygen atoms in total. The summed E-state index contributed by atoms with van der Waals surface area (Å²) in [6, 6.07) is 8.27. The van der Waals surface area contributed by atoms with Crippen LogP contribution in [0.1, 0.15) is 17.5 Å². The largest absolute Gasteiger partial charge is 0.330 e. The second-order valence-corrected chi connectivity index (χ2v) is 4.34. The molecule has 0 spiro atoms. The Morgan fingerprint density at radius 1 is 1.38 bits per heavy atom. The predicted molar refractivity (Wildman–Crippen MR) is 68.9 cm³/mol. The Bertz CT molecular complexity index is 509. The monoisotopic (exact) mass is 234 g/mol. The van der Waals surface area contributed by atoms with E-state index in [1.54, 1.807) is 0 Å². The molecule has 2 N–H and O–H groups in total. The summed E-state index contributed by atoms with van der Waals surface area (Å²) in [7, 11) is 0. The maximum atomic E-state index is 6.16. The maximum Gasteiger partial charge on any atom is 0.132 e. The minimum absolute atomic E-state index is 0.607. The number of hydrogen-bond donors (Lipinski definition) is 1. The van der Waals surface area contributed by atoms with E-state index in [4.69, 9.17) is 17.3 Å². The number of hydrogen-bond acceptors (Lipinski definition) is 2. The number of aryl methyl sites for hydroxylation is 2. The van der Waals surface area contributed by atoms with Crippen LogP contribution in [-0.4, -0.2) is 11.5 Å². The Hall–Kier alpha value is -1.12. The highest BCUT2D eigenvalue weighted by molar-refractivity contribution is 6.30. The average molecular weight is 235 g/mol. The van der Waals surface area contributed by atoms with Gasteiger partial charge in [-0.3, -0.25) is 0 Å². The molecule has 1 heterocycles. The van der Waals surface area contributed by atoms with Gasteiger partial charge >= 0.3 is 0 Å². The summed E-state index contributed by atoms with van der Waals surface area (Å²) in [5.41, 5.74) is 8.73. The van der Waals surface area contributed by atoms with Gasteiger partial charge in [-0.05, 0) is 43.5 Å². The molecule has 0 fully saturated rings. The Morgan fingerprint density at radius 2 is 2.19 bits per heavy atom. The fourth-order valence-corrected chi connectivity index (χ4v) is 2.07. The van der Waals surface area contributed by atoms with Gasteiger partial charge in [0, 0.05) is 5.39 Å². The molecule has 0 saturated carbocycles. The van der Waals surface area contributed by atoms with Crippen LogP contribution in [0.15, 0.2) is 24.3 Å². The molecule has 0 aliphatic rings. The Morgan fingerprint density at radius 3 is 2.94 bits per heavy atom. The van der Waals surface area contributed by atoms with Crippen LogP contribution >= 0.6 is 11.6 Å². The molecule has 16 heavy (non-hydrogen) atoms. The predicted octanol–water partition coefficient (Wildman–Crippen LogP) is 3.09. The Labute approximate surface area is 100 Å². The van der Waals surface area contributed by atoms with Crippen molar-refractivity contribution in [2.75, 3.05) is 6.54 Å². The number of nitrogens with two attached hydrogens (primary N) is 1. The van der Waals surface area contributed by atoms with Crippen LogP contribution in [0.2, 0.25) is 5.15 Å². The average Bonchev–Trinajstić information content (AvgIpc) is 2.28. The van der Waals surface area contributed by atoms with Crippen LogP contribution in [0.4, 0.5) is 0 Å². The van der Waals surface area contributed by atoms with Gasteiger partial charge in [-0.2, -0.15) is 0 Å². The van der Waals surface area contributed by atoms with Gasteiger partial charge in [0.15, 0.2) is 0 Å². The number of aromatic nitrogens is 1. The third-order valence-corrected chi connectivity index (χ3v) is 3.05. The van der Waals surface area contributed by atoms with Crippen molar-refractivity contribution in [1.82, 2.24) is 4.98 Å². The van der Waals surface area contributed by atoms with Gasteiger partial charge < -0.3 is 5.73 Å². The molecule has 2 rings (SSSR count). The van der Waals surface area contributed by atoms with Gasteiger partial charge in [0.05, 0.1) is 5.52 Å². The fraction of sp³-hybridized carbons (Fsp3) is 0.308. The quantitative estimate of drug-likeness (QED) is 0.829. The van der Waals surface area contributed by atoms with Crippen molar-refractivity contribution >= 4 is 22.5 Å². The van der Waals surface area contributed by atoms with Gasteiger partial charge in [0.1, 0.15) is 5.15 Å². The Kier molecular flexibility index (Phi) is 3.42. The molecule has 1 aromatic carbocycles. The molecule has 1 aromatic heterocycles. The third kappa shape index (κ3) is 2.18. The summed E-state index contributed by atoms with van der Waals surface area (Å²) >= 11 is 6.16. The number of fused-ring (bicyclic) bond motifs is 1. The number of rotatable bonds is 3. The molecule has 0 bridgehead atoms. The van der Waals surface area contributed by atoms with E-state index in [9.17, 15) is 0 Å². The van der Waals surface area contributed by atoms with Crippen molar-refractivity contribution in [1.29, 1.82) is 0 Å². The van der Waals surface area contributed by atoms with Gasteiger partial charge in [-0.25, -0.2) is 4.98 Å². The van der Waals surface area contributed by atoms with Crippen molar-refractivity contribution in [3.63, 3.8) is 0 Å². The van der Waals surface area contributed by atoms with Crippen LogP contribution in [0, 0.1) is 6.92 Å². The van der Waals surface area contributed by atoms with Gasteiger partial charge in [-0.15, -0.1) is 0 Å². The fourth-order valence-electron chi connectivity index (χ4n) is 1.84. The first kappa shape index (κ1) is 11.4. The van der Waals surface area contributed by atoms with Crippen molar-refractivity contribution in [3.05, 3.63) is 40.5 Å². The highest BCUT2D eigenvalue weighted by Crippen LogP contribution is 2.23. The van der Waals surface area contributed by atoms with Crippen LogP contribution < -0.4 is 5.73 Å². The lowest BCUT2D eigenvalue weighted by Gasteiger charge is -2.07. The van der Waals surface area contributed by atoms with Crippen LogP contribution in [0.3, 0.4) is 0 Å². The Balaban J connectivity index is 2.50. The molecule has 0 unspecified atom stereocenters. The van der Waals surface area contributed by atoms with E-state index in [2.05, 4.69) is 17.1 Å². The molecule has 2 aromatic rings. The van der Waals surface area contributed by atoms with Crippen LogP contribution in [-0.2, 0) is 6.42 Å². The van der Waals surface area contributed by atoms with E-state index < -0.39 is 0 Å². The first-order valence-electron chi connectivity index (χ1n) is 5.47. The van der Waals surface area contributed by atoms with Crippen LogP contribution in [0.25, 0.3) is 10.9 Å².